The standard InChI is InChI=1S/C16H14BrClF2/c17-14-6-12(8-16(20)9-14)5-13(10-18)4-11-2-1-3-15(19)7-11/h1-3,6-9,13H,4-5,10H2. The van der Waals surface area contributed by atoms with Crippen LogP contribution in [-0.2, 0) is 12.8 Å². The van der Waals surface area contributed by atoms with Gasteiger partial charge in [0.1, 0.15) is 11.6 Å². The monoisotopic (exact) mass is 358 g/mol. The molecule has 1 unspecified atom stereocenters. The maximum absolute atomic E-state index is 13.3. The zero-order valence-electron chi connectivity index (χ0n) is 10.8. The van der Waals surface area contributed by atoms with Crippen molar-refractivity contribution in [1.29, 1.82) is 0 Å². The van der Waals surface area contributed by atoms with E-state index < -0.39 is 0 Å². The van der Waals surface area contributed by atoms with Gasteiger partial charge in [-0.3, -0.25) is 0 Å². The molecule has 0 radical (unpaired) electrons. The molecule has 4 heteroatoms. The smallest absolute Gasteiger partial charge is 0.124 e. The molecular formula is C16H14BrClF2. The molecule has 0 spiro atoms. The maximum Gasteiger partial charge on any atom is 0.124 e. The van der Waals surface area contributed by atoms with Gasteiger partial charge in [0, 0.05) is 10.4 Å². The lowest BCUT2D eigenvalue weighted by Crippen LogP contribution is -2.10. The Morgan fingerprint density at radius 3 is 2.30 bits per heavy atom. The van der Waals surface area contributed by atoms with Crippen LogP contribution in [0.3, 0.4) is 0 Å². The second-order valence-electron chi connectivity index (χ2n) is 4.84. The van der Waals surface area contributed by atoms with E-state index in [9.17, 15) is 8.78 Å². The third-order valence-electron chi connectivity index (χ3n) is 3.08. The summed E-state index contributed by atoms with van der Waals surface area (Å²) >= 11 is 9.27. The molecule has 0 nitrogen and oxygen atoms in total. The second kappa shape index (κ2) is 7.19. The number of hydrogen-bond acceptors (Lipinski definition) is 0. The molecular weight excluding hydrogens is 346 g/mol. The zero-order chi connectivity index (χ0) is 14.5. The zero-order valence-corrected chi connectivity index (χ0v) is 13.1. The highest BCUT2D eigenvalue weighted by Gasteiger charge is 2.11. The van der Waals surface area contributed by atoms with Gasteiger partial charge in [0.05, 0.1) is 0 Å². The molecule has 106 valence electrons. The van der Waals surface area contributed by atoms with Crippen LogP contribution in [0.15, 0.2) is 46.9 Å². The van der Waals surface area contributed by atoms with Gasteiger partial charge >= 0.3 is 0 Å². The van der Waals surface area contributed by atoms with Crippen LogP contribution in [0.25, 0.3) is 0 Å². The van der Waals surface area contributed by atoms with Crippen molar-refractivity contribution in [2.45, 2.75) is 12.8 Å². The highest BCUT2D eigenvalue weighted by molar-refractivity contribution is 9.10. The van der Waals surface area contributed by atoms with Gasteiger partial charge in [-0.2, -0.15) is 0 Å². The summed E-state index contributed by atoms with van der Waals surface area (Å²) in [6.45, 7) is 0. The molecule has 2 aromatic carbocycles. The van der Waals surface area contributed by atoms with Crippen molar-refractivity contribution in [3.05, 3.63) is 69.7 Å². The molecule has 0 amide bonds. The van der Waals surface area contributed by atoms with Crippen LogP contribution in [0.4, 0.5) is 8.78 Å². The summed E-state index contributed by atoms with van der Waals surface area (Å²) in [5, 5.41) is 0. The average Bonchev–Trinajstić information content (AvgIpc) is 2.36. The molecule has 0 aliphatic heterocycles. The molecule has 0 bridgehead atoms. The van der Waals surface area contributed by atoms with Crippen LogP contribution in [0, 0.1) is 17.6 Å². The first-order valence-corrected chi connectivity index (χ1v) is 7.65. The van der Waals surface area contributed by atoms with Crippen LogP contribution in [0.1, 0.15) is 11.1 Å². The van der Waals surface area contributed by atoms with E-state index in [1.165, 1.54) is 24.3 Å². The summed E-state index contributed by atoms with van der Waals surface area (Å²) in [7, 11) is 0. The fourth-order valence-electron chi connectivity index (χ4n) is 2.24. The molecule has 0 N–H and O–H groups in total. The Balaban J connectivity index is 2.09. The molecule has 0 fully saturated rings. The van der Waals surface area contributed by atoms with E-state index in [-0.39, 0.29) is 17.6 Å². The van der Waals surface area contributed by atoms with Gasteiger partial charge in [-0.25, -0.2) is 8.78 Å². The highest BCUT2D eigenvalue weighted by atomic mass is 79.9. The molecule has 2 aromatic rings. The molecule has 1 atom stereocenters. The quantitative estimate of drug-likeness (QED) is 0.630. The van der Waals surface area contributed by atoms with Crippen molar-refractivity contribution < 1.29 is 8.78 Å². The van der Waals surface area contributed by atoms with E-state index in [1.54, 1.807) is 6.07 Å². The summed E-state index contributed by atoms with van der Waals surface area (Å²) in [5.41, 5.74) is 1.80. The van der Waals surface area contributed by atoms with Crippen molar-refractivity contribution in [2.24, 2.45) is 5.92 Å². The van der Waals surface area contributed by atoms with Crippen LogP contribution in [0.5, 0.6) is 0 Å². The van der Waals surface area contributed by atoms with Crippen LogP contribution in [-0.4, -0.2) is 5.88 Å². The van der Waals surface area contributed by atoms with Crippen LogP contribution >= 0.6 is 27.5 Å². The lowest BCUT2D eigenvalue weighted by atomic mass is 9.94. The third kappa shape index (κ3) is 4.57. The number of halogens is 4. The van der Waals surface area contributed by atoms with E-state index >= 15 is 0 Å². The van der Waals surface area contributed by atoms with E-state index in [1.807, 2.05) is 12.1 Å². The first-order valence-electron chi connectivity index (χ1n) is 6.32. The Labute approximate surface area is 130 Å². The van der Waals surface area contributed by atoms with Crippen molar-refractivity contribution in [2.75, 3.05) is 5.88 Å². The predicted octanol–water partition coefficient (Wildman–Crippen LogP) is 5.37. The molecule has 0 aliphatic rings. The minimum Gasteiger partial charge on any atom is -0.207 e. The Morgan fingerprint density at radius 1 is 0.950 bits per heavy atom. The van der Waals surface area contributed by atoms with Gasteiger partial charge in [0.25, 0.3) is 0 Å². The van der Waals surface area contributed by atoms with Crippen LogP contribution in [0.2, 0.25) is 0 Å². The maximum atomic E-state index is 13.3. The fraction of sp³-hybridized carbons (Fsp3) is 0.250. The number of rotatable bonds is 5. The van der Waals surface area contributed by atoms with Crippen LogP contribution < -0.4 is 0 Å². The largest absolute Gasteiger partial charge is 0.207 e. The molecule has 0 saturated heterocycles. The van der Waals surface area contributed by atoms with Gasteiger partial charge in [0.15, 0.2) is 0 Å². The Kier molecular flexibility index (Phi) is 5.55. The van der Waals surface area contributed by atoms with Crippen molar-refractivity contribution in [3.8, 4) is 0 Å². The average molecular weight is 360 g/mol. The summed E-state index contributed by atoms with van der Waals surface area (Å²) in [6.07, 6.45) is 1.34. The molecule has 0 saturated carbocycles. The Morgan fingerprint density at radius 2 is 1.65 bits per heavy atom. The Hall–Kier alpha value is -0.930. The van der Waals surface area contributed by atoms with Crippen molar-refractivity contribution >= 4 is 27.5 Å². The minimum absolute atomic E-state index is 0.146. The molecule has 0 heterocycles. The molecule has 20 heavy (non-hydrogen) atoms. The lowest BCUT2D eigenvalue weighted by Gasteiger charge is -2.14. The van der Waals surface area contributed by atoms with E-state index in [4.69, 9.17) is 11.6 Å². The fourth-order valence-corrected chi connectivity index (χ4v) is 2.97. The Bertz CT molecular complexity index is 566. The highest BCUT2D eigenvalue weighted by Crippen LogP contribution is 2.21. The minimum atomic E-state index is -0.270. The van der Waals surface area contributed by atoms with Crippen molar-refractivity contribution in [3.63, 3.8) is 0 Å². The van der Waals surface area contributed by atoms with Gasteiger partial charge in [-0.15, -0.1) is 11.6 Å². The van der Waals surface area contributed by atoms with E-state index in [0.29, 0.717) is 23.2 Å². The molecule has 0 aromatic heterocycles. The van der Waals surface area contributed by atoms with Gasteiger partial charge in [-0.1, -0.05) is 28.1 Å². The van der Waals surface area contributed by atoms with E-state index in [2.05, 4.69) is 15.9 Å². The SMILES string of the molecule is Fc1cccc(CC(CCl)Cc2cc(F)cc(Br)c2)c1. The predicted molar refractivity (Wildman–Crippen MR) is 82.1 cm³/mol. The first-order chi connectivity index (χ1) is 9.56. The number of hydrogen-bond donors (Lipinski definition) is 0. The van der Waals surface area contributed by atoms with Crippen molar-refractivity contribution in [1.82, 2.24) is 0 Å². The van der Waals surface area contributed by atoms with E-state index in [0.717, 1.165) is 11.1 Å². The first kappa shape index (κ1) is 15.5. The lowest BCUT2D eigenvalue weighted by molar-refractivity contribution is 0.570. The normalized spacial score (nSPS) is 12.4. The number of alkyl halides is 1. The topological polar surface area (TPSA) is 0 Å². The third-order valence-corrected chi connectivity index (χ3v) is 3.97. The second-order valence-corrected chi connectivity index (χ2v) is 6.06. The summed E-state index contributed by atoms with van der Waals surface area (Å²) in [6, 6.07) is 11.3. The van der Waals surface area contributed by atoms with Gasteiger partial charge in [0.2, 0.25) is 0 Å². The summed E-state index contributed by atoms with van der Waals surface area (Å²) in [4.78, 5) is 0. The summed E-state index contributed by atoms with van der Waals surface area (Å²) in [5.74, 6) is 0.0786. The van der Waals surface area contributed by atoms with Gasteiger partial charge in [-0.05, 0) is 60.2 Å². The number of benzene rings is 2. The summed E-state index contributed by atoms with van der Waals surface area (Å²) < 4.78 is 27.2. The van der Waals surface area contributed by atoms with Gasteiger partial charge < -0.3 is 0 Å². The molecule has 0 aliphatic carbocycles. The molecule has 2 rings (SSSR count).